The maximum Gasteiger partial charge on any atom is 0.326 e. The molecule has 2 atom stereocenters. The Morgan fingerprint density at radius 2 is 1.67 bits per heavy atom. The number of benzene rings is 1. The fraction of sp³-hybridized carbons (Fsp3) is 0.409. The van der Waals surface area contributed by atoms with Gasteiger partial charge < -0.3 is 40.7 Å². The number of aliphatic carboxylic acids is 3. The van der Waals surface area contributed by atoms with E-state index in [9.17, 15) is 24.3 Å². The van der Waals surface area contributed by atoms with Crippen LogP contribution in [0, 0.1) is 0 Å². The van der Waals surface area contributed by atoms with E-state index in [1.54, 1.807) is 0 Å². The number of urea groups is 1. The minimum atomic E-state index is -1.44. The zero-order valence-corrected chi connectivity index (χ0v) is 19.9. The molecule has 14 heteroatoms. The molecule has 0 saturated carbocycles. The van der Waals surface area contributed by atoms with Crippen LogP contribution in [0.1, 0.15) is 32.1 Å². The number of thiazole rings is 1. The molecule has 2 amide bonds. The van der Waals surface area contributed by atoms with E-state index in [-0.39, 0.29) is 19.6 Å². The number of aromatic nitrogens is 1. The van der Waals surface area contributed by atoms with Gasteiger partial charge in [0.2, 0.25) is 6.79 Å². The van der Waals surface area contributed by atoms with Gasteiger partial charge in [0, 0.05) is 23.9 Å². The van der Waals surface area contributed by atoms with Crippen LogP contribution in [0.4, 0.5) is 9.93 Å². The normalized spacial score (nSPS) is 13.4. The molecule has 194 valence electrons. The molecule has 0 bridgehead atoms. The highest BCUT2D eigenvalue weighted by molar-refractivity contribution is 7.14. The summed E-state index contributed by atoms with van der Waals surface area (Å²) in [5, 5.41) is 37.3. The number of rotatable bonds is 14. The van der Waals surface area contributed by atoms with E-state index in [1.807, 2.05) is 23.6 Å². The molecule has 0 aliphatic carbocycles. The second kappa shape index (κ2) is 12.6. The summed E-state index contributed by atoms with van der Waals surface area (Å²) in [5.74, 6) is -2.51. The van der Waals surface area contributed by atoms with Crippen molar-refractivity contribution in [1.29, 1.82) is 0 Å². The van der Waals surface area contributed by atoms with Gasteiger partial charge in [0.05, 0.1) is 5.69 Å². The van der Waals surface area contributed by atoms with Crippen molar-refractivity contribution in [2.75, 3.05) is 18.7 Å². The Labute approximate surface area is 209 Å². The number of amides is 2. The lowest BCUT2D eigenvalue weighted by molar-refractivity contribution is -0.140. The maximum atomic E-state index is 12.0. The average Bonchev–Trinajstić information content (AvgIpc) is 3.49. The zero-order valence-electron chi connectivity index (χ0n) is 19.1. The van der Waals surface area contributed by atoms with Gasteiger partial charge in [-0.2, -0.15) is 0 Å². The van der Waals surface area contributed by atoms with Gasteiger partial charge in [-0.05, 0) is 43.9 Å². The third-order valence-electron chi connectivity index (χ3n) is 5.22. The van der Waals surface area contributed by atoms with E-state index in [1.165, 1.54) is 11.3 Å². The van der Waals surface area contributed by atoms with Crippen molar-refractivity contribution in [3.8, 4) is 22.8 Å². The first-order valence-electron chi connectivity index (χ1n) is 11.1. The molecule has 1 aliphatic rings. The van der Waals surface area contributed by atoms with Crippen molar-refractivity contribution >= 4 is 40.4 Å². The molecule has 1 aliphatic heterocycles. The van der Waals surface area contributed by atoms with Crippen LogP contribution in [0.15, 0.2) is 23.6 Å². The number of nitrogens with one attached hydrogen (secondary N) is 3. The molecule has 2 heterocycles. The summed E-state index contributed by atoms with van der Waals surface area (Å²) in [6.07, 6.45) is 0.407. The quantitative estimate of drug-likeness (QED) is 0.199. The molecule has 0 radical (unpaired) electrons. The number of unbranched alkanes of at least 4 members (excludes halogenated alkanes) is 1. The lowest BCUT2D eigenvalue weighted by Gasteiger charge is -2.18. The molecular weight excluding hydrogens is 496 g/mol. The lowest BCUT2D eigenvalue weighted by Crippen LogP contribution is -2.51. The van der Waals surface area contributed by atoms with Crippen LogP contribution in [0.5, 0.6) is 11.5 Å². The first-order chi connectivity index (χ1) is 17.2. The monoisotopic (exact) mass is 522 g/mol. The number of carbonyl (C=O) groups is 4. The number of carboxylic acid groups (broad SMARTS) is 3. The predicted octanol–water partition coefficient (Wildman–Crippen LogP) is 2.19. The van der Waals surface area contributed by atoms with Gasteiger partial charge in [-0.15, -0.1) is 11.3 Å². The molecule has 0 saturated heterocycles. The predicted molar refractivity (Wildman–Crippen MR) is 127 cm³/mol. The Balaban J connectivity index is 1.40. The molecule has 0 spiro atoms. The number of hydrogen-bond donors (Lipinski definition) is 6. The Morgan fingerprint density at radius 1 is 0.972 bits per heavy atom. The number of fused-ring (bicyclic) bond motifs is 1. The smallest absolute Gasteiger partial charge is 0.326 e. The average molecular weight is 523 g/mol. The summed E-state index contributed by atoms with van der Waals surface area (Å²) in [6.45, 7) is 0.726. The fourth-order valence-corrected chi connectivity index (χ4v) is 4.10. The molecule has 1 aromatic carbocycles. The van der Waals surface area contributed by atoms with Crippen molar-refractivity contribution in [2.45, 2.75) is 44.2 Å². The Bertz CT molecular complexity index is 1110. The standard InChI is InChI=1S/C22H26N4O9S/c27-18(28)7-5-14(20(31)32)25-21(33)24-13(19(29)30)3-1-2-8-23-22-26-15(10-36-22)12-4-6-16-17(9-12)35-11-34-16/h4,6,9-10,13-14H,1-3,5,7-8,11H2,(H,23,26)(H,27,28)(H,29,30)(H,31,32)(H2,24,25,33). The van der Waals surface area contributed by atoms with Gasteiger partial charge in [0.25, 0.3) is 0 Å². The molecule has 2 unspecified atom stereocenters. The highest BCUT2D eigenvalue weighted by atomic mass is 32.1. The van der Waals surface area contributed by atoms with Crippen molar-refractivity contribution < 1.29 is 44.0 Å². The van der Waals surface area contributed by atoms with Crippen LogP contribution < -0.4 is 25.4 Å². The van der Waals surface area contributed by atoms with E-state index in [4.69, 9.17) is 19.7 Å². The number of nitrogens with zero attached hydrogens (tertiary/aromatic N) is 1. The van der Waals surface area contributed by atoms with E-state index in [0.717, 1.165) is 11.3 Å². The topological polar surface area (TPSA) is 196 Å². The number of ether oxygens (including phenoxy) is 2. The number of anilines is 1. The SMILES string of the molecule is O=C(O)CCC(NC(=O)NC(CCCCNc1nc(-c2ccc3c(c2)OCO3)cs1)C(=O)O)C(=O)O. The fourth-order valence-electron chi connectivity index (χ4n) is 3.35. The molecule has 1 aromatic heterocycles. The molecular formula is C22H26N4O9S. The molecule has 13 nitrogen and oxygen atoms in total. The summed E-state index contributed by atoms with van der Waals surface area (Å²) in [4.78, 5) is 49.9. The maximum absolute atomic E-state index is 12.0. The highest BCUT2D eigenvalue weighted by Gasteiger charge is 2.24. The van der Waals surface area contributed by atoms with Crippen molar-refractivity contribution in [3.63, 3.8) is 0 Å². The van der Waals surface area contributed by atoms with Gasteiger partial charge in [-0.1, -0.05) is 0 Å². The Hall–Kier alpha value is -4.07. The number of carboxylic acids is 3. The summed E-state index contributed by atoms with van der Waals surface area (Å²) in [7, 11) is 0. The second-order valence-electron chi connectivity index (χ2n) is 7.86. The minimum Gasteiger partial charge on any atom is -0.481 e. The van der Waals surface area contributed by atoms with Crippen LogP contribution in [0.3, 0.4) is 0 Å². The van der Waals surface area contributed by atoms with Gasteiger partial charge >= 0.3 is 23.9 Å². The van der Waals surface area contributed by atoms with Gasteiger partial charge in [0.1, 0.15) is 12.1 Å². The van der Waals surface area contributed by atoms with Crippen molar-refractivity contribution in [1.82, 2.24) is 15.6 Å². The molecule has 3 rings (SSSR count). The van der Waals surface area contributed by atoms with E-state index in [0.29, 0.717) is 36.0 Å². The zero-order chi connectivity index (χ0) is 26.1. The third kappa shape index (κ3) is 7.73. The molecule has 36 heavy (non-hydrogen) atoms. The minimum absolute atomic E-state index is 0.123. The van der Waals surface area contributed by atoms with Crippen LogP contribution >= 0.6 is 11.3 Å². The third-order valence-corrected chi connectivity index (χ3v) is 6.02. The molecule has 0 fully saturated rings. The molecule has 6 N–H and O–H groups in total. The van der Waals surface area contributed by atoms with E-state index >= 15 is 0 Å². The van der Waals surface area contributed by atoms with Crippen LogP contribution in [-0.2, 0) is 14.4 Å². The van der Waals surface area contributed by atoms with Gasteiger partial charge in [-0.25, -0.2) is 19.4 Å². The largest absolute Gasteiger partial charge is 0.481 e. The lowest BCUT2D eigenvalue weighted by atomic mass is 10.1. The first-order valence-corrected chi connectivity index (χ1v) is 11.9. The Kier molecular flexibility index (Phi) is 9.27. The van der Waals surface area contributed by atoms with Crippen LogP contribution in [-0.4, -0.2) is 69.7 Å². The highest BCUT2D eigenvalue weighted by Crippen LogP contribution is 2.36. The van der Waals surface area contributed by atoms with Gasteiger partial charge in [0.15, 0.2) is 16.6 Å². The van der Waals surface area contributed by atoms with Crippen LogP contribution in [0.2, 0.25) is 0 Å². The Morgan fingerprint density at radius 3 is 2.36 bits per heavy atom. The van der Waals surface area contributed by atoms with Gasteiger partial charge in [-0.3, -0.25) is 4.79 Å². The van der Waals surface area contributed by atoms with Crippen molar-refractivity contribution in [3.05, 3.63) is 23.6 Å². The summed E-state index contributed by atoms with van der Waals surface area (Å²) in [5.41, 5.74) is 1.68. The van der Waals surface area contributed by atoms with Crippen LogP contribution in [0.25, 0.3) is 11.3 Å². The summed E-state index contributed by atoms with van der Waals surface area (Å²) >= 11 is 1.43. The van der Waals surface area contributed by atoms with E-state index < -0.39 is 42.4 Å². The number of hydrogen-bond acceptors (Lipinski definition) is 9. The molecule has 2 aromatic rings. The summed E-state index contributed by atoms with van der Waals surface area (Å²) < 4.78 is 10.7. The second-order valence-corrected chi connectivity index (χ2v) is 8.72. The first kappa shape index (κ1) is 26.5. The van der Waals surface area contributed by atoms with E-state index in [2.05, 4.69) is 20.9 Å². The number of carbonyl (C=O) groups excluding carboxylic acids is 1. The summed E-state index contributed by atoms with van der Waals surface area (Å²) in [6, 6.07) is 1.93. The van der Waals surface area contributed by atoms with Crippen molar-refractivity contribution in [2.24, 2.45) is 0 Å².